The van der Waals surface area contributed by atoms with E-state index < -0.39 is 0 Å². The first-order valence-corrected chi connectivity index (χ1v) is 12.5. The molecule has 0 N–H and O–H groups in total. The Bertz CT molecular complexity index is 947. The van der Waals surface area contributed by atoms with Gasteiger partial charge in [-0.05, 0) is 49.7 Å². The fourth-order valence-electron chi connectivity index (χ4n) is 6.31. The molecule has 4 rings (SSSR count). The molecule has 4 heteroatoms. The molecule has 168 valence electrons. The average molecular weight is 422 g/mol. The minimum absolute atomic E-state index is 0.0556. The summed E-state index contributed by atoms with van der Waals surface area (Å²) in [6.07, 6.45) is 20.2. The molecule has 0 spiro atoms. The molecule has 0 amide bonds. The Hall–Kier alpha value is -1.99. The highest BCUT2D eigenvalue weighted by molar-refractivity contribution is 5.76. The molecule has 1 aliphatic carbocycles. The second kappa shape index (κ2) is 10.1. The number of fused-ring (bicyclic) bond motifs is 1. The maximum Gasteiger partial charge on any atom is 0.330 e. The number of benzene rings is 1. The molecule has 1 aromatic heterocycles. The topological polar surface area (TPSA) is 30.2 Å². The molecule has 1 saturated carbocycles. The van der Waals surface area contributed by atoms with Crippen LogP contribution in [-0.4, -0.2) is 33.7 Å². The summed E-state index contributed by atoms with van der Waals surface area (Å²) < 4.78 is 3.79. The maximum absolute atomic E-state index is 13.2. The standard InChI is InChI=1S/C27H39N3O/c1-3-16-27(17-10-6-5-7-11-18-27)22-28-20-14-23(15-21-28)30-25-13-9-8-12-24(25)29(19-4-2)26(30)31/h2,8-9,12-13,23H,3,5-7,10-11,14-22H2,1H3. The van der Waals surface area contributed by atoms with Crippen molar-refractivity contribution in [1.82, 2.24) is 14.0 Å². The Kier molecular flexibility index (Phi) is 7.23. The third kappa shape index (κ3) is 4.77. The molecular formula is C27H39N3O. The summed E-state index contributed by atoms with van der Waals surface area (Å²) in [5.41, 5.74) is 2.56. The van der Waals surface area contributed by atoms with Crippen LogP contribution in [0.15, 0.2) is 29.1 Å². The van der Waals surface area contributed by atoms with Crippen molar-refractivity contribution < 1.29 is 0 Å². The van der Waals surface area contributed by atoms with Crippen molar-refractivity contribution in [2.75, 3.05) is 19.6 Å². The van der Waals surface area contributed by atoms with Gasteiger partial charge < -0.3 is 4.90 Å². The van der Waals surface area contributed by atoms with E-state index in [9.17, 15) is 4.79 Å². The smallest absolute Gasteiger partial charge is 0.303 e. The number of terminal acetylenes is 1. The Morgan fingerprint density at radius 1 is 1.03 bits per heavy atom. The van der Waals surface area contributed by atoms with Crippen molar-refractivity contribution in [3.63, 3.8) is 0 Å². The first-order valence-electron chi connectivity index (χ1n) is 12.5. The van der Waals surface area contributed by atoms with Crippen molar-refractivity contribution in [3.8, 4) is 12.3 Å². The van der Waals surface area contributed by atoms with Gasteiger partial charge in [-0.15, -0.1) is 6.42 Å². The van der Waals surface area contributed by atoms with Gasteiger partial charge in [0.05, 0.1) is 17.6 Å². The van der Waals surface area contributed by atoms with Gasteiger partial charge in [-0.1, -0.05) is 63.5 Å². The van der Waals surface area contributed by atoms with Gasteiger partial charge in [0.2, 0.25) is 0 Å². The van der Waals surface area contributed by atoms with Crippen molar-refractivity contribution in [1.29, 1.82) is 0 Å². The number of nitrogens with zero attached hydrogens (tertiary/aromatic N) is 3. The Morgan fingerprint density at radius 3 is 2.32 bits per heavy atom. The van der Waals surface area contributed by atoms with Gasteiger partial charge in [-0.25, -0.2) is 4.79 Å². The van der Waals surface area contributed by atoms with Gasteiger partial charge in [-0.2, -0.15) is 0 Å². The van der Waals surface area contributed by atoms with Crippen molar-refractivity contribution in [2.45, 2.75) is 90.1 Å². The zero-order valence-electron chi connectivity index (χ0n) is 19.3. The van der Waals surface area contributed by atoms with Crippen molar-refractivity contribution >= 4 is 11.0 Å². The van der Waals surface area contributed by atoms with E-state index in [1.165, 1.54) is 64.3 Å². The molecule has 31 heavy (non-hydrogen) atoms. The fourth-order valence-corrected chi connectivity index (χ4v) is 6.31. The molecule has 1 aromatic carbocycles. The van der Waals surface area contributed by atoms with Gasteiger partial charge >= 0.3 is 5.69 Å². The highest BCUT2D eigenvalue weighted by atomic mass is 16.1. The summed E-state index contributed by atoms with van der Waals surface area (Å²) in [6, 6.07) is 8.37. The van der Waals surface area contributed by atoms with Crippen molar-refractivity contribution in [2.24, 2.45) is 5.41 Å². The molecule has 4 nitrogen and oxygen atoms in total. The Balaban J connectivity index is 1.48. The SMILES string of the molecule is C#CCn1c(=O)n(C2CCN(CC3(CCC)CCCCCCC3)CC2)c2ccccc21. The van der Waals surface area contributed by atoms with Crippen LogP contribution in [0.25, 0.3) is 11.0 Å². The minimum atomic E-state index is 0.0556. The van der Waals surface area contributed by atoms with Crippen LogP contribution < -0.4 is 5.69 Å². The monoisotopic (exact) mass is 421 g/mol. The zero-order valence-corrected chi connectivity index (χ0v) is 19.3. The molecule has 1 aliphatic heterocycles. The van der Waals surface area contributed by atoms with E-state index in [-0.39, 0.29) is 11.7 Å². The van der Waals surface area contributed by atoms with Crippen LogP contribution in [0.1, 0.15) is 83.6 Å². The minimum Gasteiger partial charge on any atom is -0.303 e. The number of hydrogen-bond acceptors (Lipinski definition) is 2. The van der Waals surface area contributed by atoms with Crippen LogP contribution in [-0.2, 0) is 6.54 Å². The van der Waals surface area contributed by atoms with Crippen LogP contribution in [0, 0.1) is 17.8 Å². The number of aromatic nitrogens is 2. The lowest BCUT2D eigenvalue weighted by Crippen LogP contribution is -2.44. The highest BCUT2D eigenvalue weighted by Crippen LogP contribution is 2.40. The summed E-state index contributed by atoms with van der Waals surface area (Å²) in [7, 11) is 0. The van der Waals surface area contributed by atoms with Gasteiger partial charge in [0.25, 0.3) is 0 Å². The van der Waals surface area contributed by atoms with E-state index in [4.69, 9.17) is 6.42 Å². The Morgan fingerprint density at radius 2 is 1.68 bits per heavy atom. The van der Waals surface area contributed by atoms with Crippen LogP contribution in [0.4, 0.5) is 0 Å². The highest BCUT2D eigenvalue weighted by Gasteiger charge is 2.33. The molecule has 0 unspecified atom stereocenters. The number of likely N-dealkylation sites (tertiary alicyclic amines) is 1. The Labute approximate surface area is 187 Å². The lowest BCUT2D eigenvalue weighted by molar-refractivity contribution is 0.0806. The molecule has 2 aliphatic rings. The molecule has 0 bridgehead atoms. The number of imidazole rings is 1. The second-order valence-electron chi connectivity index (χ2n) is 9.96. The predicted molar refractivity (Wildman–Crippen MR) is 129 cm³/mol. The second-order valence-corrected chi connectivity index (χ2v) is 9.96. The van der Waals surface area contributed by atoms with E-state index in [0.717, 1.165) is 37.0 Å². The zero-order chi connectivity index (χ0) is 21.7. The third-order valence-electron chi connectivity index (χ3n) is 7.79. The van der Waals surface area contributed by atoms with Crippen LogP contribution in [0.5, 0.6) is 0 Å². The summed E-state index contributed by atoms with van der Waals surface area (Å²) in [6.45, 7) is 6.13. The fraction of sp³-hybridized carbons (Fsp3) is 0.667. The van der Waals surface area contributed by atoms with Gasteiger partial charge in [0.1, 0.15) is 0 Å². The summed E-state index contributed by atoms with van der Waals surface area (Å²) in [5, 5.41) is 0. The van der Waals surface area contributed by atoms with Crippen LogP contribution in [0.2, 0.25) is 0 Å². The van der Waals surface area contributed by atoms with Gasteiger partial charge in [-0.3, -0.25) is 9.13 Å². The predicted octanol–water partition coefficient (Wildman–Crippen LogP) is 5.60. The summed E-state index contributed by atoms with van der Waals surface area (Å²) in [4.78, 5) is 15.9. The van der Waals surface area contributed by atoms with Crippen LogP contribution >= 0.6 is 0 Å². The van der Waals surface area contributed by atoms with E-state index >= 15 is 0 Å². The molecule has 1 saturated heterocycles. The van der Waals surface area contributed by atoms with E-state index in [1.807, 2.05) is 22.8 Å². The van der Waals surface area contributed by atoms with Crippen molar-refractivity contribution in [3.05, 3.63) is 34.7 Å². The molecule has 2 fully saturated rings. The molecular weight excluding hydrogens is 382 g/mol. The van der Waals surface area contributed by atoms with E-state index in [2.05, 4.69) is 23.8 Å². The molecule has 2 heterocycles. The first kappa shape index (κ1) is 22.2. The van der Waals surface area contributed by atoms with Gasteiger partial charge in [0.15, 0.2) is 0 Å². The average Bonchev–Trinajstić information content (AvgIpc) is 3.04. The van der Waals surface area contributed by atoms with E-state index in [0.29, 0.717) is 12.0 Å². The van der Waals surface area contributed by atoms with E-state index in [1.54, 1.807) is 4.57 Å². The maximum atomic E-state index is 13.2. The lowest BCUT2D eigenvalue weighted by atomic mass is 9.72. The number of para-hydroxylation sites is 2. The quantitative estimate of drug-likeness (QED) is 0.568. The molecule has 2 aromatic rings. The van der Waals surface area contributed by atoms with Gasteiger partial charge in [0, 0.05) is 25.7 Å². The third-order valence-corrected chi connectivity index (χ3v) is 7.79. The first-order chi connectivity index (χ1) is 15.2. The molecule has 0 atom stereocenters. The number of piperidine rings is 1. The lowest BCUT2D eigenvalue weighted by Gasteiger charge is -2.42. The summed E-state index contributed by atoms with van der Waals surface area (Å²) >= 11 is 0. The van der Waals surface area contributed by atoms with Crippen LogP contribution in [0.3, 0.4) is 0 Å². The normalized spacial score (nSPS) is 20.9. The largest absolute Gasteiger partial charge is 0.330 e. The molecule has 0 radical (unpaired) electrons. The number of hydrogen-bond donors (Lipinski definition) is 0. The number of rotatable bonds is 6. The summed E-state index contributed by atoms with van der Waals surface area (Å²) in [5.74, 6) is 2.65.